The van der Waals surface area contributed by atoms with Gasteiger partial charge in [0.05, 0.1) is 23.7 Å². The summed E-state index contributed by atoms with van der Waals surface area (Å²) in [6.45, 7) is 2.12. The van der Waals surface area contributed by atoms with E-state index in [1.807, 2.05) is 0 Å². The van der Waals surface area contributed by atoms with Crippen LogP contribution in [0.25, 0.3) is 0 Å². The SMILES string of the molecule is Cc1ccc(C(=O)OCC(=O)c2ccc3c(c2)OCCCO3)cc1[N+](=O)[O-]. The number of carbonyl (C=O) groups is 2. The predicted octanol–water partition coefficient (Wildman–Crippen LogP) is 3.10. The van der Waals surface area contributed by atoms with Crippen molar-refractivity contribution in [1.29, 1.82) is 0 Å². The molecule has 0 N–H and O–H groups in total. The molecule has 2 aromatic rings. The third-order valence-corrected chi connectivity index (χ3v) is 4.05. The van der Waals surface area contributed by atoms with Gasteiger partial charge in [-0.15, -0.1) is 0 Å². The molecule has 27 heavy (non-hydrogen) atoms. The van der Waals surface area contributed by atoms with Crippen LogP contribution in [0.5, 0.6) is 11.5 Å². The lowest BCUT2D eigenvalue weighted by molar-refractivity contribution is -0.385. The Labute approximate surface area is 154 Å². The van der Waals surface area contributed by atoms with Crippen LogP contribution in [0.4, 0.5) is 5.69 Å². The van der Waals surface area contributed by atoms with E-state index in [1.54, 1.807) is 25.1 Å². The first-order chi connectivity index (χ1) is 13.0. The van der Waals surface area contributed by atoms with Crippen molar-refractivity contribution in [2.45, 2.75) is 13.3 Å². The molecule has 0 atom stereocenters. The van der Waals surface area contributed by atoms with E-state index in [1.165, 1.54) is 12.1 Å². The number of hydrogen-bond donors (Lipinski definition) is 0. The normalized spacial score (nSPS) is 12.8. The third kappa shape index (κ3) is 4.22. The van der Waals surface area contributed by atoms with Gasteiger partial charge in [0.1, 0.15) is 0 Å². The van der Waals surface area contributed by atoms with E-state index in [2.05, 4.69) is 0 Å². The first-order valence-corrected chi connectivity index (χ1v) is 8.31. The summed E-state index contributed by atoms with van der Waals surface area (Å²) >= 11 is 0. The molecular formula is C19H17NO7. The fourth-order valence-corrected chi connectivity index (χ4v) is 2.57. The summed E-state index contributed by atoms with van der Waals surface area (Å²) in [6, 6.07) is 8.77. The predicted molar refractivity (Wildman–Crippen MR) is 94.5 cm³/mol. The first-order valence-electron chi connectivity index (χ1n) is 8.31. The third-order valence-electron chi connectivity index (χ3n) is 4.05. The highest BCUT2D eigenvalue weighted by molar-refractivity contribution is 6.00. The summed E-state index contributed by atoms with van der Waals surface area (Å²) in [5.74, 6) is -0.187. The van der Waals surface area contributed by atoms with Crippen molar-refractivity contribution in [3.8, 4) is 11.5 Å². The van der Waals surface area contributed by atoms with Gasteiger partial charge < -0.3 is 14.2 Å². The van der Waals surface area contributed by atoms with E-state index in [9.17, 15) is 19.7 Å². The number of ether oxygens (including phenoxy) is 3. The first kappa shape index (κ1) is 18.4. The van der Waals surface area contributed by atoms with Crippen molar-refractivity contribution in [2.24, 2.45) is 0 Å². The lowest BCUT2D eigenvalue weighted by atomic mass is 10.1. The number of aryl methyl sites for hydroxylation is 1. The van der Waals surface area contributed by atoms with E-state index in [0.717, 1.165) is 12.5 Å². The maximum atomic E-state index is 12.3. The lowest BCUT2D eigenvalue weighted by Crippen LogP contribution is -2.14. The summed E-state index contributed by atoms with van der Waals surface area (Å²) in [4.78, 5) is 34.8. The van der Waals surface area contributed by atoms with Crippen molar-refractivity contribution < 1.29 is 28.7 Å². The molecular weight excluding hydrogens is 354 g/mol. The fraction of sp³-hybridized carbons (Fsp3) is 0.263. The van der Waals surface area contributed by atoms with Gasteiger partial charge in [-0.2, -0.15) is 0 Å². The van der Waals surface area contributed by atoms with Gasteiger partial charge in [0, 0.05) is 23.6 Å². The number of esters is 1. The molecule has 8 heteroatoms. The van der Waals surface area contributed by atoms with E-state index >= 15 is 0 Å². The monoisotopic (exact) mass is 371 g/mol. The second-order valence-electron chi connectivity index (χ2n) is 5.97. The lowest BCUT2D eigenvalue weighted by Gasteiger charge is -2.09. The molecule has 0 spiro atoms. The topological polar surface area (TPSA) is 105 Å². The van der Waals surface area contributed by atoms with Crippen molar-refractivity contribution in [2.75, 3.05) is 19.8 Å². The highest BCUT2D eigenvalue weighted by atomic mass is 16.6. The van der Waals surface area contributed by atoms with E-state index in [4.69, 9.17) is 14.2 Å². The van der Waals surface area contributed by atoms with Crippen LogP contribution in [-0.4, -0.2) is 36.5 Å². The second-order valence-corrected chi connectivity index (χ2v) is 5.97. The van der Waals surface area contributed by atoms with Gasteiger partial charge in [0.25, 0.3) is 5.69 Å². The fourth-order valence-electron chi connectivity index (χ4n) is 2.57. The maximum absolute atomic E-state index is 12.3. The molecule has 8 nitrogen and oxygen atoms in total. The number of Topliss-reactive ketones (excluding diaryl/α,β-unsaturated/α-hetero) is 1. The number of nitro groups is 1. The van der Waals surface area contributed by atoms with Crippen molar-refractivity contribution in [1.82, 2.24) is 0 Å². The zero-order chi connectivity index (χ0) is 19.4. The summed E-state index contributed by atoms with van der Waals surface area (Å²) in [5, 5.41) is 11.0. The van der Waals surface area contributed by atoms with Gasteiger partial charge in [0.2, 0.25) is 0 Å². The second kappa shape index (κ2) is 7.86. The zero-order valence-corrected chi connectivity index (χ0v) is 14.6. The Kier molecular flexibility index (Phi) is 5.35. The Balaban J connectivity index is 1.67. The minimum atomic E-state index is -0.805. The summed E-state index contributed by atoms with van der Waals surface area (Å²) < 4.78 is 16.0. The molecule has 140 valence electrons. The molecule has 2 aromatic carbocycles. The maximum Gasteiger partial charge on any atom is 0.338 e. The smallest absolute Gasteiger partial charge is 0.338 e. The van der Waals surface area contributed by atoms with Crippen LogP contribution in [-0.2, 0) is 4.74 Å². The van der Waals surface area contributed by atoms with Crippen LogP contribution in [0.3, 0.4) is 0 Å². The molecule has 0 fully saturated rings. The average molecular weight is 371 g/mol. The number of ketones is 1. The molecule has 1 aliphatic heterocycles. The molecule has 0 saturated carbocycles. The Morgan fingerprint density at radius 1 is 1.07 bits per heavy atom. The molecule has 1 heterocycles. The largest absolute Gasteiger partial charge is 0.490 e. The minimum Gasteiger partial charge on any atom is -0.490 e. The van der Waals surface area contributed by atoms with Gasteiger partial charge in [-0.3, -0.25) is 14.9 Å². The van der Waals surface area contributed by atoms with E-state index in [-0.39, 0.29) is 11.3 Å². The number of fused-ring (bicyclic) bond motifs is 1. The number of nitrogens with zero attached hydrogens (tertiary/aromatic N) is 1. The van der Waals surface area contributed by atoms with E-state index < -0.39 is 23.3 Å². The molecule has 0 aromatic heterocycles. The quantitative estimate of drug-likeness (QED) is 0.344. The van der Waals surface area contributed by atoms with Gasteiger partial charge >= 0.3 is 5.97 Å². The molecule has 0 aliphatic carbocycles. The van der Waals surface area contributed by atoms with Crippen LogP contribution in [0, 0.1) is 17.0 Å². The Hall–Kier alpha value is -3.42. The molecule has 0 bridgehead atoms. The van der Waals surface area contributed by atoms with Crippen molar-refractivity contribution in [3.05, 3.63) is 63.2 Å². The number of carbonyl (C=O) groups excluding carboxylic acids is 2. The van der Waals surface area contributed by atoms with Crippen LogP contribution in [0.15, 0.2) is 36.4 Å². The van der Waals surface area contributed by atoms with Crippen molar-refractivity contribution >= 4 is 17.4 Å². The molecule has 1 aliphatic rings. The molecule has 0 radical (unpaired) electrons. The number of benzene rings is 2. The highest BCUT2D eigenvalue weighted by Crippen LogP contribution is 2.30. The summed E-state index contributed by atoms with van der Waals surface area (Å²) in [5.41, 5.74) is 0.583. The van der Waals surface area contributed by atoms with Crippen LogP contribution < -0.4 is 9.47 Å². The average Bonchev–Trinajstić information content (AvgIpc) is 2.90. The van der Waals surface area contributed by atoms with Crippen LogP contribution in [0.2, 0.25) is 0 Å². The molecule has 0 saturated heterocycles. The van der Waals surface area contributed by atoms with Gasteiger partial charge in [-0.05, 0) is 31.2 Å². The van der Waals surface area contributed by atoms with Crippen molar-refractivity contribution in [3.63, 3.8) is 0 Å². The summed E-state index contributed by atoms with van der Waals surface area (Å²) in [6.07, 6.45) is 0.748. The van der Waals surface area contributed by atoms with Crippen LogP contribution in [0.1, 0.15) is 32.7 Å². The van der Waals surface area contributed by atoms with Crippen LogP contribution >= 0.6 is 0 Å². The molecule has 3 rings (SSSR count). The molecule has 0 amide bonds. The zero-order valence-electron chi connectivity index (χ0n) is 14.6. The van der Waals surface area contributed by atoms with Gasteiger partial charge in [0.15, 0.2) is 23.9 Å². The number of hydrogen-bond acceptors (Lipinski definition) is 7. The number of nitro benzene ring substituents is 1. The van der Waals surface area contributed by atoms with Gasteiger partial charge in [-0.25, -0.2) is 4.79 Å². The van der Waals surface area contributed by atoms with E-state index in [0.29, 0.717) is 35.8 Å². The standard InChI is InChI=1S/C19H17NO7/c1-12-3-4-14(9-15(12)20(23)24)19(22)27-11-16(21)13-5-6-17-18(10-13)26-8-2-7-25-17/h3-6,9-10H,2,7-8,11H2,1H3. The Bertz CT molecular complexity index is 907. The number of rotatable bonds is 5. The Morgan fingerprint density at radius 3 is 2.52 bits per heavy atom. The minimum absolute atomic E-state index is 0.0127. The van der Waals surface area contributed by atoms with Gasteiger partial charge in [-0.1, -0.05) is 6.07 Å². The molecule has 0 unspecified atom stereocenters. The highest BCUT2D eigenvalue weighted by Gasteiger charge is 2.18. The summed E-state index contributed by atoms with van der Waals surface area (Å²) in [7, 11) is 0. The Morgan fingerprint density at radius 2 is 1.78 bits per heavy atom.